The van der Waals surface area contributed by atoms with Crippen molar-refractivity contribution in [3.63, 3.8) is 0 Å². The molecule has 1 aliphatic rings. The molecular weight excluding hydrogens is 391 g/mol. The number of thioether (sulfide) groups is 1. The zero-order valence-corrected chi connectivity index (χ0v) is 16.6. The third kappa shape index (κ3) is 3.34. The third-order valence-electron chi connectivity index (χ3n) is 4.10. The Hall–Kier alpha value is -1.95. The number of nitrogens with zero attached hydrogens (tertiary/aromatic N) is 2. The number of halogens is 2. The van der Waals surface area contributed by atoms with Crippen LogP contribution in [0.15, 0.2) is 41.8 Å². The van der Waals surface area contributed by atoms with Crippen molar-refractivity contribution in [3.05, 3.63) is 68.8 Å². The molecule has 0 spiro atoms. The van der Waals surface area contributed by atoms with Gasteiger partial charge in [-0.1, -0.05) is 29.3 Å². The Labute approximate surface area is 166 Å². The summed E-state index contributed by atoms with van der Waals surface area (Å²) in [7, 11) is 0. The Morgan fingerprint density at radius 3 is 2.54 bits per heavy atom. The molecule has 0 bridgehead atoms. The summed E-state index contributed by atoms with van der Waals surface area (Å²) < 4.78 is 2.03. The highest BCUT2D eigenvalue weighted by Gasteiger charge is 2.34. The maximum absolute atomic E-state index is 12.4. The van der Waals surface area contributed by atoms with E-state index >= 15 is 0 Å². The van der Waals surface area contributed by atoms with E-state index in [-0.39, 0.29) is 17.7 Å². The van der Waals surface area contributed by atoms with Crippen molar-refractivity contribution in [1.29, 1.82) is 0 Å². The predicted octanol–water partition coefficient (Wildman–Crippen LogP) is 5.62. The largest absolute Gasteiger partial charge is 0.318 e. The number of hydrogen-bond donors (Lipinski definition) is 0. The molecule has 134 valence electrons. The van der Waals surface area contributed by atoms with Gasteiger partial charge in [0.15, 0.2) is 0 Å². The minimum absolute atomic E-state index is 0.213. The smallest absolute Gasteiger partial charge is 0.293 e. The molecule has 0 unspecified atom stereocenters. The first-order valence-corrected chi connectivity index (χ1v) is 9.41. The molecule has 1 aromatic carbocycles. The molecule has 7 heteroatoms. The zero-order valence-electron chi connectivity index (χ0n) is 14.3. The summed E-state index contributed by atoms with van der Waals surface area (Å²) >= 11 is 13.1. The van der Waals surface area contributed by atoms with Crippen LogP contribution in [0.4, 0.5) is 4.79 Å². The van der Waals surface area contributed by atoms with E-state index in [1.54, 1.807) is 18.2 Å². The lowest BCUT2D eigenvalue weighted by molar-refractivity contribution is -0.122. The first kappa shape index (κ1) is 18.8. The number of amides is 2. The molecule has 0 saturated carbocycles. The number of imide groups is 1. The van der Waals surface area contributed by atoms with Gasteiger partial charge in [0, 0.05) is 23.6 Å². The van der Waals surface area contributed by atoms with Crippen LogP contribution in [0.2, 0.25) is 10.0 Å². The number of rotatable bonds is 4. The van der Waals surface area contributed by atoms with Gasteiger partial charge in [-0.05, 0) is 61.5 Å². The second-order valence-electron chi connectivity index (χ2n) is 5.84. The van der Waals surface area contributed by atoms with Crippen LogP contribution in [0, 0.1) is 13.8 Å². The molecule has 0 aliphatic carbocycles. The van der Waals surface area contributed by atoms with Crippen LogP contribution in [0.3, 0.4) is 0 Å². The fourth-order valence-electron chi connectivity index (χ4n) is 2.88. The standard InChI is InChI=1S/C19H16Cl2N2O2S/c1-4-7-22-18(24)17(26-19(22)25)9-13-8-11(2)23(12(13)3)14-5-6-15(20)16(21)10-14/h4-6,8-10H,1,7H2,2-3H3/b17-9-. The van der Waals surface area contributed by atoms with E-state index in [1.807, 2.05) is 30.5 Å². The lowest BCUT2D eigenvalue weighted by Gasteiger charge is -2.10. The van der Waals surface area contributed by atoms with Crippen LogP contribution in [0.5, 0.6) is 0 Å². The highest BCUT2D eigenvalue weighted by molar-refractivity contribution is 8.18. The molecule has 3 rings (SSSR count). The van der Waals surface area contributed by atoms with Gasteiger partial charge >= 0.3 is 0 Å². The van der Waals surface area contributed by atoms with Crippen molar-refractivity contribution in [3.8, 4) is 5.69 Å². The van der Waals surface area contributed by atoms with Crippen LogP contribution < -0.4 is 0 Å². The van der Waals surface area contributed by atoms with Crippen molar-refractivity contribution in [1.82, 2.24) is 9.47 Å². The molecule has 26 heavy (non-hydrogen) atoms. The van der Waals surface area contributed by atoms with Gasteiger partial charge in [0.2, 0.25) is 0 Å². The highest BCUT2D eigenvalue weighted by Crippen LogP contribution is 2.34. The average Bonchev–Trinajstić information content (AvgIpc) is 3.01. The molecular formula is C19H16Cl2N2O2S. The quantitative estimate of drug-likeness (QED) is 0.488. The fourth-order valence-corrected chi connectivity index (χ4v) is 4.01. The maximum atomic E-state index is 12.4. The van der Waals surface area contributed by atoms with Crippen molar-refractivity contribution < 1.29 is 9.59 Å². The van der Waals surface area contributed by atoms with E-state index in [0.717, 1.165) is 34.4 Å². The molecule has 4 nitrogen and oxygen atoms in total. The van der Waals surface area contributed by atoms with Crippen LogP contribution in [-0.2, 0) is 4.79 Å². The molecule has 2 amide bonds. The maximum Gasteiger partial charge on any atom is 0.293 e. The van der Waals surface area contributed by atoms with Gasteiger partial charge in [0.25, 0.3) is 11.1 Å². The minimum atomic E-state index is -0.292. The van der Waals surface area contributed by atoms with Gasteiger partial charge in [-0.25, -0.2) is 0 Å². The number of hydrogen-bond acceptors (Lipinski definition) is 3. The summed E-state index contributed by atoms with van der Waals surface area (Å²) in [6.45, 7) is 7.71. The average molecular weight is 407 g/mol. The van der Waals surface area contributed by atoms with Crippen LogP contribution >= 0.6 is 35.0 Å². The lowest BCUT2D eigenvalue weighted by Crippen LogP contribution is -2.27. The number of carbonyl (C=O) groups excluding carboxylic acids is 2. The molecule has 2 aromatic rings. The number of aryl methyl sites for hydroxylation is 1. The van der Waals surface area contributed by atoms with E-state index in [0.29, 0.717) is 15.0 Å². The molecule has 1 saturated heterocycles. The van der Waals surface area contributed by atoms with E-state index in [4.69, 9.17) is 23.2 Å². The molecule has 0 N–H and O–H groups in total. The Bertz CT molecular complexity index is 963. The summed E-state index contributed by atoms with van der Waals surface area (Å²) in [5.41, 5.74) is 3.68. The first-order chi connectivity index (χ1) is 12.3. The van der Waals surface area contributed by atoms with E-state index in [2.05, 4.69) is 6.58 Å². The summed E-state index contributed by atoms with van der Waals surface area (Å²) in [5, 5.41) is 0.692. The number of carbonyl (C=O) groups is 2. The second kappa shape index (κ2) is 7.35. The Kier molecular flexibility index (Phi) is 5.32. The number of aromatic nitrogens is 1. The van der Waals surface area contributed by atoms with Gasteiger partial charge < -0.3 is 4.57 Å². The Morgan fingerprint density at radius 2 is 1.88 bits per heavy atom. The van der Waals surface area contributed by atoms with Gasteiger partial charge in [0.05, 0.1) is 15.0 Å². The summed E-state index contributed by atoms with van der Waals surface area (Å²) in [6, 6.07) is 7.40. The molecule has 1 aromatic heterocycles. The van der Waals surface area contributed by atoms with Crippen LogP contribution in [0.25, 0.3) is 11.8 Å². The van der Waals surface area contributed by atoms with Gasteiger partial charge in [-0.3, -0.25) is 14.5 Å². The molecule has 2 heterocycles. The zero-order chi connectivity index (χ0) is 19.0. The molecule has 0 radical (unpaired) electrons. The van der Waals surface area contributed by atoms with Crippen LogP contribution in [-0.4, -0.2) is 27.2 Å². The van der Waals surface area contributed by atoms with Gasteiger partial charge in [-0.15, -0.1) is 6.58 Å². The van der Waals surface area contributed by atoms with E-state index in [9.17, 15) is 9.59 Å². The third-order valence-corrected chi connectivity index (χ3v) is 5.75. The van der Waals surface area contributed by atoms with Crippen molar-refractivity contribution >= 4 is 52.2 Å². The number of benzene rings is 1. The van der Waals surface area contributed by atoms with Crippen LogP contribution in [0.1, 0.15) is 17.0 Å². The minimum Gasteiger partial charge on any atom is -0.318 e. The Balaban J connectivity index is 2.01. The summed E-state index contributed by atoms with van der Waals surface area (Å²) in [5.74, 6) is -0.292. The molecule has 1 aliphatic heterocycles. The van der Waals surface area contributed by atoms with Gasteiger partial charge in [0.1, 0.15) is 0 Å². The van der Waals surface area contributed by atoms with Gasteiger partial charge in [-0.2, -0.15) is 0 Å². The van der Waals surface area contributed by atoms with E-state index in [1.165, 1.54) is 11.0 Å². The monoisotopic (exact) mass is 406 g/mol. The molecule has 0 atom stereocenters. The summed E-state index contributed by atoms with van der Waals surface area (Å²) in [6.07, 6.45) is 3.29. The SMILES string of the molecule is C=CCN1C(=O)S/C(=C\c2cc(C)n(-c3ccc(Cl)c(Cl)c3)c2C)C1=O. The topological polar surface area (TPSA) is 42.3 Å². The molecule has 1 fully saturated rings. The van der Waals surface area contributed by atoms with Crippen molar-refractivity contribution in [2.75, 3.05) is 6.54 Å². The van der Waals surface area contributed by atoms with Crippen molar-refractivity contribution in [2.24, 2.45) is 0 Å². The highest BCUT2D eigenvalue weighted by atomic mass is 35.5. The second-order valence-corrected chi connectivity index (χ2v) is 7.65. The van der Waals surface area contributed by atoms with E-state index < -0.39 is 0 Å². The first-order valence-electron chi connectivity index (χ1n) is 7.84. The fraction of sp³-hybridized carbons (Fsp3) is 0.158. The predicted molar refractivity (Wildman–Crippen MR) is 108 cm³/mol. The summed E-state index contributed by atoms with van der Waals surface area (Å²) in [4.78, 5) is 26.0. The normalized spacial score (nSPS) is 16.0. The van der Waals surface area contributed by atoms with Crippen molar-refractivity contribution in [2.45, 2.75) is 13.8 Å². The Morgan fingerprint density at radius 1 is 1.15 bits per heavy atom. The lowest BCUT2D eigenvalue weighted by atomic mass is 10.2.